The summed E-state index contributed by atoms with van der Waals surface area (Å²) in [6.45, 7) is 5.33. The van der Waals surface area contributed by atoms with Crippen LogP contribution in [0.3, 0.4) is 0 Å². The molecule has 0 aliphatic heterocycles. The van der Waals surface area contributed by atoms with Gasteiger partial charge in [-0.1, -0.05) is 19.6 Å². The highest BCUT2D eigenvalue weighted by Gasteiger charge is 2.36. The van der Waals surface area contributed by atoms with E-state index in [1.54, 1.807) is 6.20 Å². The van der Waals surface area contributed by atoms with Gasteiger partial charge in [0.25, 0.3) is 0 Å². The van der Waals surface area contributed by atoms with E-state index < -0.39 is 11.7 Å². The molecule has 0 fully saturated rings. The fourth-order valence-corrected chi connectivity index (χ4v) is 1.87. The van der Waals surface area contributed by atoms with Gasteiger partial charge in [0.05, 0.1) is 0 Å². The van der Waals surface area contributed by atoms with Gasteiger partial charge in [0.15, 0.2) is 5.65 Å². The maximum Gasteiger partial charge on any atom is 0.420 e. The van der Waals surface area contributed by atoms with Gasteiger partial charge in [-0.25, -0.2) is 0 Å². The number of alkyl halides is 3. The summed E-state index contributed by atoms with van der Waals surface area (Å²) < 4.78 is 40.5. The van der Waals surface area contributed by atoms with Crippen molar-refractivity contribution in [1.82, 2.24) is 14.6 Å². The summed E-state index contributed by atoms with van der Waals surface area (Å²) in [6, 6.07) is 1.38. The largest absolute Gasteiger partial charge is 0.420 e. The summed E-state index contributed by atoms with van der Waals surface area (Å²) in [6.07, 6.45) is -0.358. The van der Waals surface area contributed by atoms with E-state index >= 15 is 0 Å². The van der Waals surface area contributed by atoms with Gasteiger partial charge in [-0.15, -0.1) is 10.2 Å². The Bertz CT molecular complexity index is 584. The number of halogens is 3. The van der Waals surface area contributed by atoms with Gasteiger partial charge >= 0.3 is 6.18 Å². The number of hydrogen-bond acceptors (Lipinski definition) is 2. The number of aromatic nitrogens is 3. The summed E-state index contributed by atoms with van der Waals surface area (Å²) >= 11 is 0. The van der Waals surface area contributed by atoms with Crippen molar-refractivity contribution < 1.29 is 13.2 Å². The third kappa shape index (κ3) is 1.98. The Morgan fingerprint density at radius 3 is 2.67 bits per heavy atom. The number of rotatable bonds is 3. The van der Waals surface area contributed by atoms with Crippen LogP contribution >= 0.6 is 0 Å². The molecular formula is C12H12F3N3. The molecule has 6 heteroatoms. The summed E-state index contributed by atoms with van der Waals surface area (Å²) in [5, 5.41) is 7.47. The molecule has 2 rings (SSSR count). The lowest BCUT2D eigenvalue weighted by atomic mass is 10.1. The molecule has 0 amide bonds. The van der Waals surface area contributed by atoms with E-state index in [1.807, 2.05) is 6.92 Å². The fraction of sp³-hybridized carbons (Fsp3) is 0.333. The molecule has 18 heavy (non-hydrogen) atoms. The summed E-state index contributed by atoms with van der Waals surface area (Å²) in [7, 11) is 0. The second-order valence-corrected chi connectivity index (χ2v) is 3.91. The van der Waals surface area contributed by atoms with Crippen molar-refractivity contribution in [2.75, 3.05) is 0 Å². The van der Waals surface area contributed by atoms with Crippen LogP contribution in [-0.4, -0.2) is 14.6 Å². The summed E-state index contributed by atoms with van der Waals surface area (Å²) in [4.78, 5) is 0. The quantitative estimate of drug-likeness (QED) is 0.842. The highest BCUT2D eigenvalue weighted by Crippen LogP contribution is 2.35. The number of aryl methyl sites for hydroxylation is 1. The van der Waals surface area contributed by atoms with Crippen LogP contribution < -0.4 is 0 Å². The van der Waals surface area contributed by atoms with E-state index in [1.165, 1.54) is 16.5 Å². The molecule has 2 aromatic heterocycles. The first kappa shape index (κ1) is 12.6. The van der Waals surface area contributed by atoms with Crippen molar-refractivity contribution in [1.29, 1.82) is 0 Å². The average molecular weight is 255 g/mol. The Morgan fingerprint density at radius 1 is 1.39 bits per heavy atom. The van der Waals surface area contributed by atoms with E-state index in [-0.39, 0.29) is 11.2 Å². The zero-order valence-corrected chi connectivity index (χ0v) is 9.83. The molecule has 3 nitrogen and oxygen atoms in total. The molecule has 2 heterocycles. The molecule has 0 radical (unpaired) electrons. The van der Waals surface area contributed by atoms with E-state index in [0.717, 1.165) is 6.42 Å². The van der Waals surface area contributed by atoms with Crippen LogP contribution in [0.15, 0.2) is 18.8 Å². The average Bonchev–Trinajstić information content (AvgIpc) is 2.70. The van der Waals surface area contributed by atoms with Crippen LogP contribution in [0.5, 0.6) is 0 Å². The van der Waals surface area contributed by atoms with Gasteiger partial charge in [0, 0.05) is 12.6 Å². The van der Waals surface area contributed by atoms with Crippen LogP contribution in [0.4, 0.5) is 13.2 Å². The van der Waals surface area contributed by atoms with E-state index in [9.17, 15) is 13.2 Å². The molecule has 0 atom stereocenters. The van der Waals surface area contributed by atoms with Gasteiger partial charge in [0.1, 0.15) is 11.4 Å². The second-order valence-electron chi connectivity index (χ2n) is 3.91. The summed E-state index contributed by atoms with van der Waals surface area (Å²) in [5.74, 6) is 0.536. The van der Waals surface area contributed by atoms with Crippen LogP contribution in [0, 0.1) is 0 Å². The van der Waals surface area contributed by atoms with Gasteiger partial charge in [-0.05, 0) is 18.1 Å². The molecule has 0 saturated carbocycles. The van der Waals surface area contributed by atoms with Gasteiger partial charge in [-0.3, -0.25) is 4.40 Å². The van der Waals surface area contributed by atoms with Crippen LogP contribution in [-0.2, 0) is 12.6 Å². The molecule has 0 saturated heterocycles. The topological polar surface area (TPSA) is 30.2 Å². The second kappa shape index (κ2) is 4.44. The monoisotopic (exact) mass is 255 g/mol. The lowest BCUT2D eigenvalue weighted by molar-refractivity contribution is -0.136. The Morgan fingerprint density at radius 2 is 2.11 bits per heavy atom. The van der Waals surface area contributed by atoms with Gasteiger partial charge < -0.3 is 0 Å². The fourth-order valence-electron chi connectivity index (χ4n) is 1.87. The molecule has 0 aromatic carbocycles. The SMILES string of the molecule is C=Cc1ccn2c(CCC)nnc2c1C(F)(F)F. The zero-order valence-electron chi connectivity index (χ0n) is 9.83. The molecule has 0 spiro atoms. The first-order valence-corrected chi connectivity index (χ1v) is 5.55. The third-order valence-corrected chi connectivity index (χ3v) is 2.66. The van der Waals surface area contributed by atoms with Gasteiger partial charge in [0.2, 0.25) is 0 Å². The van der Waals surface area contributed by atoms with Crippen molar-refractivity contribution in [3.63, 3.8) is 0 Å². The molecule has 0 aliphatic rings. The minimum Gasteiger partial charge on any atom is -0.286 e. The Balaban J connectivity index is 2.75. The maximum atomic E-state index is 13.0. The summed E-state index contributed by atoms with van der Waals surface area (Å²) in [5.41, 5.74) is -0.927. The van der Waals surface area contributed by atoms with Gasteiger partial charge in [-0.2, -0.15) is 13.2 Å². The molecule has 2 aromatic rings. The predicted molar refractivity (Wildman–Crippen MR) is 62.1 cm³/mol. The third-order valence-electron chi connectivity index (χ3n) is 2.66. The van der Waals surface area contributed by atoms with E-state index in [4.69, 9.17) is 0 Å². The zero-order chi connectivity index (χ0) is 13.3. The molecule has 0 unspecified atom stereocenters. The molecule has 96 valence electrons. The Kier molecular flexibility index (Phi) is 3.11. The number of pyridine rings is 1. The van der Waals surface area contributed by atoms with Crippen molar-refractivity contribution >= 4 is 11.7 Å². The molecule has 0 bridgehead atoms. The highest BCUT2D eigenvalue weighted by molar-refractivity contribution is 5.63. The van der Waals surface area contributed by atoms with Crippen LogP contribution in [0.1, 0.15) is 30.3 Å². The standard InChI is InChI=1S/C12H12F3N3/c1-3-5-9-16-17-11-10(12(13,14)15)8(4-2)6-7-18(9)11/h4,6-7H,2-3,5H2,1H3. The van der Waals surface area contributed by atoms with Crippen molar-refractivity contribution in [3.05, 3.63) is 35.8 Å². The maximum absolute atomic E-state index is 13.0. The molecule has 0 N–H and O–H groups in total. The number of nitrogens with zero attached hydrogens (tertiary/aromatic N) is 3. The smallest absolute Gasteiger partial charge is 0.286 e. The lowest BCUT2D eigenvalue weighted by Crippen LogP contribution is -2.10. The van der Waals surface area contributed by atoms with Crippen LogP contribution in [0.2, 0.25) is 0 Å². The predicted octanol–water partition coefficient (Wildman–Crippen LogP) is 3.34. The first-order chi connectivity index (χ1) is 8.49. The van der Waals surface area contributed by atoms with E-state index in [0.29, 0.717) is 12.2 Å². The Hall–Kier alpha value is -1.85. The normalized spacial score (nSPS) is 12.0. The Labute approximate surface area is 102 Å². The minimum atomic E-state index is -4.47. The first-order valence-electron chi connectivity index (χ1n) is 5.55. The van der Waals surface area contributed by atoms with Crippen molar-refractivity contribution in [3.8, 4) is 0 Å². The van der Waals surface area contributed by atoms with Crippen LogP contribution in [0.25, 0.3) is 11.7 Å². The minimum absolute atomic E-state index is 0.0189. The number of fused-ring (bicyclic) bond motifs is 1. The molecule has 0 aliphatic carbocycles. The van der Waals surface area contributed by atoms with Crippen molar-refractivity contribution in [2.24, 2.45) is 0 Å². The number of hydrogen-bond donors (Lipinski definition) is 0. The van der Waals surface area contributed by atoms with E-state index in [2.05, 4.69) is 16.8 Å². The van der Waals surface area contributed by atoms with Crippen molar-refractivity contribution in [2.45, 2.75) is 25.9 Å². The lowest BCUT2D eigenvalue weighted by Gasteiger charge is -2.11. The molecular weight excluding hydrogens is 243 g/mol. The highest BCUT2D eigenvalue weighted by atomic mass is 19.4.